The van der Waals surface area contributed by atoms with Crippen molar-refractivity contribution in [1.82, 2.24) is 20.4 Å². The number of amides is 1. The van der Waals surface area contributed by atoms with Crippen LogP contribution in [0.5, 0.6) is 0 Å². The SMILES string of the molecule is CSC1CCC(NC(=NCC(=O)N(C)C)NCCCN2CCOCC2)C1.I. The van der Waals surface area contributed by atoms with Crippen LogP contribution < -0.4 is 10.6 Å². The van der Waals surface area contributed by atoms with Crippen molar-refractivity contribution in [2.24, 2.45) is 4.99 Å². The maximum Gasteiger partial charge on any atom is 0.243 e. The highest BCUT2D eigenvalue weighted by Crippen LogP contribution is 2.27. The highest BCUT2D eigenvalue weighted by Gasteiger charge is 2.24. The maximum absolute atomic E-state index is 11.9. The van der Waals surface area contributed by atoms with Crippen molar-refractivity contribution in [2.45, 2.75) is 37.0 Å². The number of nitrogens with one attached hydrogen (secondary N) is 2. The first-order valence-electron chi connectivity index (χ1n) is 9.66. The molecular weight excluding hydrogens is 477 g/mol. The predicted octanol–water partition coefficient (Wildman–Crippen LogP) is 1.23. The van der Waals surface area contributed by atoms with Crippen molar-refractivity contribution >= 4 is 47.6 Å². The van der Waals surface area contributed by atoms with Crippen LogP contribution in [0, 0.1) is 0 Å². The Balaban J connectivity index is 0.00000364. The van der Waals surface area contributed by atoms with Gasteiger partial charge in [0.25, 0.3) is 0 Å². The second-order valence-corrected chi connectivity index (χ2v) is 8.34. The van der Waals surface area contributed by atoms with Crippen LogP contribution >= 0.6 is 35.7 Å². The lowest BCUT2D eigenvalue weighted by molar-refractivity contribution is -0.127. The fourth-order valence-electron chi connectivity index (χ4n) is 3.25. The summed E-state index contributed by atoms with van der Waals surface area (Å²) in [5.74, 6) is 0.793. The van der Waals surface area contributed by atoms with Gasteiger partial charge in [-0.2, -0.15) is 11.8 Å². The van der Waals surface area contributed by atoms with Crippen LogP contribution in [-0.2, 0) is 9.53 Å². The zero-order chi connectivity index (χ0) is 18.8. The van der Waals surface area contributed by atoms with Gasteiger partial charge in [-0.3, -0.25) is 9.69 Å². The van der Waals surface area contributed by atoms with Gasteiger partial charge in [-0.05, 0) is 38.5 Å². The van der Waals surface area contributed by atoms with E-state index < -0.39 is 0 Å². The molecule has 1 amide bonds. The summed E-state index contributed by atoms with van der Waals surface area (Å²) >= 11 is 1.95. The van der Waals surface area contributed by atoms with E-state index in [1.54, 1.807) is 19.0 Å². The van der Waals surface area contributed by atoms with E-state index >= 15 is 0 Å². The van der Waals surface area contributed by atoms with Crippen LogP contribution in [0.4, 0.5) is 0 Å². The minimum atomic E-state index is 0. The second kappa shape index (κ2) is 13.8. The van der Waals surface area contributed by atoms with Gasteiger partial charge in [0.1, 0.15) is 6.54 Å². The van der Waals surface area contributed by atoms with Crippen LogP contribution in [0.25, 0.3) is 0 Å². The van der Waals surface area contributed by atoms with E-state index in [0.29, 0.717) is 6.04 Å². The normalized spacial score (nSPS) is 23.6. The van der Waals surface area contributed by atoms with E-state index in [2.05, 4.69) is 26.8 Å². The maximum atomic E-state index is 11.9. The third kappa shape index (κ3) is 9.67. The number of thioether (sulfide) groups is 1. The number of hydrogen-bond donors (Lipinski definition) is 2. The molecule has 0 aromatic rings. The molecule has 1 heterocycles. The molecule has 0 spiro atoms. The molecule has 0 radical (unpaired) electrons. The molecule has 158 valence electrons. The molecule has 7 nitrogen and oxygen atoms in total. The molecule has 2 rings (SSSR count). The van der Waals surface area contributed by atoms with Gasteiger partial charge >= 0.3 is 0 Å². The smallest absolute Gasteiger partial charge is 0.243 e. The molecular formula is C18H36IN5O2S. The van der Waals surface area contributed by atoms with Gasteiger partial charge in [0.15, 0.2) is 5.96 Å². The number of nitrogens with zero attached hydrogens (tertiary/aromatic N) is 3. The van der Waals surface area contributed by atoms with Crippen molar-refractivity contribution in [3.05, 3.63) is 0 Å². The Morgan fingerprint density at radius 3 is 2.67 bits per heavy atom. The number of carbonyl (C=O) groups excluding carboxylic acids is 1. The average Bonchev–Trinajstić information content (AvgIpc) is 3.11. The van der Waals surface area contributed by atoms with Gasteiger partial charge in [-0.15, -0.1) is 24.0 Å². The van der Waals surface area contributed by atoms with Crippen molar-refractivity contribution in [2.75, 3.05) is 66.3 Å². The molecule has 1 saturated heterocycles. The Kier molecular flexibility index (Phi) is 12.7. The number of hydrogen-bond acceptors (Lipinski definition) is 5. The molecule has 2 atom stereocenters. The number of rotatable bonds is 8. The minimum absolute atomic E-state index is 0. The van der Waals surface area contributed by atoms with Gasteiger partial charge in [-0.1, -0.05) is 0 Å². The van der Waals surface area contributed by atoms with E-state index in [1.807, 2.05) is 11.8 Å². The Morgan fingerprint density at radius 2 is 2.04 bits per heavy atom. The first-order chi connectivity index (χ1) is 12.6. The first-order valence-corrected chi connectivity index (χ1v) is 10.9. The van der Waals surface area contributed by atoms with Crippen LogP contribution in [0.2, 0.25) is 0 Å². The van der Waals surface area contributed by atoms with Gasteiger partial charge in [0, 0.05) is 45.0 Å². The summed E-state index contributed by atoms with van der Waals surface area (Å²) in [6, 6.07) is 0.451. The largest absolute Gasteiger partial charge is 0.379 e. The standard InChI is InChI=1S/C18H35N5O2S.HI/c1-22(2)17(24)14-20-18(21-15-5-6-16(13-15)26-3)19-7-4-8-23-9-11-25-12-10-23;/h15-16H,4-14H2,1-3H3,(H2,19,20,21);1H. The molecule has 2 N–H and O–H groups in total. The van der Waals surface area contributed by atoms with E-state index in [9.17, 15) is 4.79 Å². The Bertz CT molecular complexity index is 461. The van der Waals surface area contributed by atoms with Crippen molar-refractivity contribution in [3.8, 4) is 0 Å². The van der Waals surface area contributed by atoms with Crippen molar-refractivity contribution < 1.29 is 9.53 Å². The number of guanidine groups is 1. The van der Waals surface area contributed by atoms with Crippen LogP contribution in [-0.4, -0.2) is 99.2 Å². The molecule has 1 aliphatic heterocycles. The van der Waals surface area contributed by atoms with Gasteiger partial charge in [0.2, 0.25) is 5.91 Å². The van der Waals surface area contributed by atoms with E-state index in [1.165, 1.54) is 12.8 Å². The monoisotopic (exact) mass is 513 g/mol. The minimum Gasteiger partial charge on any atom is -0.379 e. The summed E-state index contributed by atoms with van der Waals surface area (Å²) in [5.41, 5.74) is 0. The summed E-state index contributed by atoms with van der Waals surface area (Å²) in [6.45, 7) is 5.84. The Morgan fingerprint density at radius 1 is 1.30 bits per heavy atom. The van der Waals surface area contributed by atoms with Crippen molar-refractivity contribution in [3.63, 3.8) is 0 Å². The quantitative estimate of drug-likeness (QED) is 0.220. The van der Waals surface area contributed by atoms with E-state index in [0.717, 1.165) is 63.4 Å². The van der Waals surface area contributed by atoms with E-state index in [-0.39, 0.29) is 36.4 Å². The topological polar surface area (TPSA) is 69.2 Å². The lowest BCUT2D eigenvalue weighted by atomic mass is 10.2. The highest BCUT2D eigenvalue weighted by molar-refractivity contribution is 14.0. The van der Waals surface area contributed by atoms with Gasteiger partial charge < -0.3 is 20.3 Å². The summed E-state index contributed by atoms with van der Waals surface area (Å²) in [6.07, 6.45) is 6.82. The molecule has 2 fully saturated rings. The molecule has 0 aromatic carbocycles. The summed E-state index contributed by atoms with van der Waals surface area (Å²) in [5, 5.41) is 7.69. The third-order valence-electron chi connectivity index (χ3n) is 4.98. The first kappa shape index (κ1) is 24.8. The van der Waals surface area contributed by atoms with Crippen LogP contribution in [0.1, 0.15) is 25.7 Å². The van der Waals surface area contributed by atoms with Crippen LogP contribution in [0.15, 0.2) is 4.99 Å². The molecule has 9 heteroatoms. The number of carbonyl (C=O) groups is 1. The molecule has 0 bridgehead atoms. The van der Waals surface area contributed by atoms with Gasteiger partial charge in [0.05, 0.1) is 13.2 Å². The lowest BCUT2D eigenvalue weighted by Gasteiger charge is -2.26. The molecule has 1 aliphatic carbocycles. The average molecular weight is 513 g/mol. The second-order valence-electron chi connectivity index (χ2n) is 7.20. The van der Waals surface area contributed by atoms with Gasteiger partial charge in [-0.25, -0.2) is 4.99 Å². The van der Waals surface area contributed by atoms with E-state index in [4.69, 9.17) is 4.74 Å². The fourth-order valence-corrected chi connectivity index (χ4v) is 4.05. The summed E-state index contributed by atoms with van der Waals surface area (Å²) < 4.78 is 5.39. The fraction of sp³-hybridized carbons (Fsp3) is 0.889. The molecule has 1 saturated carbocycles. The third-order valence-corrected chi connectivity index (χ3v) is 6.07. The zero-order valence-electron chi connectivity index (χ0n) is 16.9. The molecule has 0 aromatic heterocycles. The Labute approximate surface area is 185 Å². The van der Waals surface area contributed by atoms with Crippen molar-refractivity contribution in [1.29, 1.82) is 0 Å². The number of morpholine rings is 1. The summed E-state index contributed by atoms with van der Waals surface area (Å²) in [7, 11) is 3.53. The number of halogens is 1. The predicted molar refractivity (Wildman–Crippen MR) is 124 cm³/mol. The number of ether oxygens (including phenoxy) is 1. The zero-order valence-corrected chi connectivity index (χ0v) is 20.1. The molecule has 2 unspecified atom stereocenters. The molecule has 2 aliphatic rings. The lowest BCUT2D eigenvalue weighted by Crippen LogP contribution is -2.44. The summed E-state index contributed by atoms with van der Waals surface area (Å²) in [4.78, 5) is 20.4. The number of aliphatic imine (C=N–C) groups is 1. The van der Waals surface area contributed by atoms with Crippen LogP contribution in [0.3, 0.4) is 0 Å². The molecule has 27 heavy (non-hydrogen) atoms. The number of likely N-dealkylation sites (N-methyl/N-ethyl adjacent to an activating group) is 1. The Hall–Kier alpha value is -0.260. The highest BCUT2D eigenvalue weighted by atomic mass is 127.